The van der Waals surface area contributed by atoms with E-state index in [-0.39, 0.29) is 11.4 Å². The van der Waals surface area contributed by atoms with E-state index in [9.17, 15) is 13.2 Å². The first-order valence-electron chi connectivity index (χ1n) is 19.0. The summed E-state index contributed by atoms with van der Waals surface area (Å²) in [6, 6.07) is 26.2. The maximum absolute atomic E-state index is 14.0. The molecule has 9 rings (SSSR count). The third-order valence-electron chi connectivity index (χ3n) is 9.91. The van der Waals surface area contributed by atoms with E-state index in [0.717, 1.165) is 60.8 Å². The summed E-state index contributed by atoms with van der Waals surface area (Å²) in [7, 11) is -0.201. The number of rotatable bonds is 7. The second-order valence-electron chi connectivity index (χ2n) is 15.4. The van der Waals surface area contributed by atoms with E-state index in [2.05, 4.69) is 48.7 Å². The van der Waals surface area contributed by atoms with Gasteiger partial charge in [-0.3, -0.25) is 9.36 Å². The Morgan fingerprint density at radius 3 is 2.31 bits per heavy atom. The average molecular weight is 809 g/mol. The van der Waals surface area contributed by atoms with Crippen molar-refractivity contribution in [1.82, 2.24) is 43.8 Å². The summed E-state index contributed by atoms with van der Waals surface area (Å²) < 4.78 is 38.4. The number of nitrogens with two attached hydrogens (primary N) is 1. The maximum Gasteiger partial charge on any atom is 0.407 e. The predicted octanol–water partition coefficient (Wildman–Crippen LogP) is 7.74. The van der Waals surface area contributed by atoms with Gasteiger partial charge in [0.25, 0.3) is 10.0 Å². The van der Waals surface area contributed by atoms with Crippen LogP contribution >= 0.6 is 0 Å². The smallest absolute Gasteiger partial charge is 0.407 e. The molecule has 0 aliphatic carbocycles. The minimum atomic E-state index is -4.01. The normalized spacial score (nSPS) is 12.0. The Kier molecular flexibility index (Phi) is 10.0. The number of nitrogens with one attached hydrogen (secondary N) is 2. The summed E-state index contributed by atoms with van der Waals surface area (Å²) in [6.07, 6.45) is 6.61. The van der Waals surface area contributed by atoms with Crippen LogP contribution in [0.4, 0.5) is 4.79 Å². The van der Waals surface area contributed by atoms with Crippen molar-refractivity contribution in [3.8, 4) is 22.5 Å². The molecule has 0 fully saturated rings. The van der Waals surface area contributed by atoms with Crippen LogP contribution < -0.4 is 11.1 Å². The third kappa shape index (κ3) is 7.65. The Morgan fingerprint density at radius 2 is 1.56 bits per heavy atom. The van der Waals surface area contributed by atoms with Crippen LogP contribution in [0.3, 0.4) is 0 Å². The van der Waals surface area contributed by atoms with Crippen molar-refractivity contribution in [2.24, 2.45) is 19.8 Å². The van der Waals surface area contributed by atoms with Crippen molar-refractivity contribution in [3.63, 3.8) is 0 Å². The highest BCUT2D eigenvalue weighted by molar-refractivity contribution is 7.90. The molecule has 0 bridgehead atoms. The van der Waals surface area contributed by atoms with Gasteiger partial charge in [-0.05, 0) is 80.8 Å². The minimum Gasteiger partial charge on any atom is -0.444 e. The standard InChI is InChI=1S/C28H29N5O4S.C16H15N5/c1-18-9-11-22(12-10-18)38(35,36)33-24(14-23-25-21(16-29-26(23)33)17-31-32(25)5)20-8-6-7-19(13-20)15-30-27(34)37-28(2,3)4;1-21-15-12(9-19-21)8-18-16-13(15)6-14(20-16)11-4-2-3-10(5-11)7-17/h6-14,16-17H,15H2,1-5H3,(H,30,34);2-6,8-9,19H,7,17H2,1H3. The molecule has 0 saturated heterocycles. The monoisotopic (exact) mass is 808 g/mol. The highest BCUT2D eigenvalue weighted by atomic mass is 32.2. The van der Waals surface area contributed by atoms with E-state index in [4.69, 9.17) is 10.5 Å². The number of aromatic amines is 1. The van der Waals surface area contributed by atoms with Gasteiger partial charge in [0.2, 0.25) is 0 Å². The van der Waals surface area contributed by atoms with Crippen molar-refractivity contribution in [2.75, 3.05) is 0 Å². The molecule has 0 radical (unpaired) electrons. The molecule has 9 aromatic rings. The number of aryl methyl sites for hydroxylation is 3. The summed E-state index contributed by atoms with van der Waals surface area (Å²) in [5.41, 5.74) is 14.1. The molecule has 0 atom stereocenters. The number of carbonyl (C=O) groups is 1. The number of hydrogen-bond acceptors (Lipinski definition) is 9. The van der Waals surface area contributed by atoms with Crippen LogP contribution in [0.5, 0.6) is 0 Å². The van der Waals surface area contributed by atoms with Crippen LogP contribution in [-0.2, 0) is 41.9 Å². The van der Waals surface area contributed by atoms with Crippen molar-refractivity contribution >= 4 is 60.0 Å². The van der Waals surface area contributed by atoms with Gasteiger partial charge < -0.3 is 20.9 Å². The van der Waals surface area contributed by atoms with Crippen molar-refractivity contribution in [2.45, 2.75) is 51.3 Å². The third-order valence-corrected chi connectivity index (χ3v) is 11.6. The number of ether oxygens (including phenoxy) is 1. The van der Waals surface area contributed by atoms with E-state index in [0.29, 0.717) is 28.8 Å². The van der Waals surface area contributed by atoms with Gasteiger partial charge in [0.1, 0.15) is 5.60 Å². The summed E-state index contributed by atoms with van der Waals surface area (Å²) in [6.45, 7) is 8.06. The van der Waals surface area contributed by atoms with Crippen LogP contribution in [0.25, 0.3) is 66.4 Å². The molecule has 0 saturated carbocycles. The van der Waals surface area contributed by atoms with E-state index >= 15 is 0 Å². The number of nitrogens with zero attached hydrogens (tertiary/aromatic N) is 7. The zero-order chi connectivity index (χ0) is 41.6. The zero-order valence-corrected chi connectivity index (χ0v) is 34.4. The lowest BCUT2D eigenvalue weighted by Crippen LogP contribution is -2.32. The highest BCUT2D eigenvalue weighted by Gasteiger charge is 2.27. The molecule has 59 heavy (non-hydrogen) atoms. The fourth-order valence-electron chi connectivity index (χ4n) is 7.12. The lowest BCUT2D eigenvalue weighted by molar-refractivity contribution is 0.0523. The van der Waals surface area contributed by atoms with Gasteiger partial charge in [-0.1, -0.05) is 54.1 Å². The second-order valence-corrected chi connectivity index (χ2v) is 17.2. The Hall–Kier alpha value is -6.84. The van der Waals surface area contributed by atoms with E-state index in [1.54, 1.807) is 62.1 Å². The van der Waals surface area contributed by atoms with E-state index < -0.39 is 21.7 Å². The number of pyridine rings is 2. The zero-order valence-electron chi connectivity index (χ0n) is 33.6. The fraction of sp³-hybridized carbons (Fsp3) is 0.205. The molecule has 0 aliphatic rings. The fourth-order valence-corrected chi connectivity index (χ4v) is 8.60. The van der Waals surface area contributed by atoms with Crippen LogP contribution in [0, 0.1) is 6.92 Å². The molecule has 4 N–H and O–H groups in total. The molecule has 1 amide bonds. The Bertz CT molecular complexity index is 3130. The van der Waals surface area contributed by atoms with Crippen molar-refractivity contribution in [1.29, 1.82) is 0 Å². The molecule has 14 nitrogen and oxygen atoms in total. The van der Waals surface area contributed by atoms with Gasteiger partial charge in [0.15, 0.2) is 11.3 Å². The van der Waals surface area contributed by atoms with Crippen LogP contribution in [0.1, 0.15) is 37.5 Å². The molecule has 6 aromatic heterocycles. The lowest BCUT2D eigenvalue weighted by atomic mass is 10.1. The number of H-pyrrole nitrogens is 1. The Labute approximate surface area is 340 Å². The summed E-state index contributed by atoms with van der Waals surface area (Å²) >= 11 is 0. The first-order valence-corrected chi connectivity index (χ1v) is 20.4. The van der Waals surface area contributed by atoms with Gasteiger partial charge in [-0.25, -0.2) is 32.1 Å². The number of amides is 1. The Morgan fingerprint density at radius 1 is 0.847 bits per heavy atom. The molecular formula is C44H44N10O4S. The summed E-state index contributed by atoms with van der Waals surface area (Å²) in [5, 5.41) is 13.9. The first-order chi connectivity index (χ1) is 28.2. The number of fused-ring (bicyclic) bond motifs is 6. The SMILES string of the molecule is Cc1ccc(S(=O)(=O)n2c(-c3cccc(CNC(=O)OC(C)(C)C)c3)cc3c4c(cnc32)cnn4C)cc1.Cn1[nH]cc2cnc3nc(-c4cccc(CN)c4)cc3c21. The molecule has 300 valence electrons. The molecule has 0 spiro atoms. The van der Waals surface area contributed by atoms with Crippen LogP contribution in [-0.4, -0.2) is 58.6 Å². The highest BCUT2D eigenvalue weighted by Crippen LogP contribution is 2.35. The van der Waals surface area contributed by atoms with Gasteiger partial charge in [-0.15, -0.1) is 0 Å². The minimum absolute atomic E-state index is 0.163. The molecule has 3 aromatic carbocycles. The van der Waals surface area contributed by atoms with E-state index in [1.165, 1.54) is 3.97 Å². The van der Waals surface area contributed by atoms with Crippen LogP contribution in [0.15, 0.2) is 115 Å². The number of aromatic nitrogens is 8. The molecule has 0 aliphatic heterocycles. The first kappa shape index (κ1) is 39.0. The Balaban J connectivity index is 0.000000193. The second kappa shape index (κ2) is 15.2. The molecule has 15 heteroatoms. The topological polar surface area (TPSA) is 181 Å². The maximum atomic E-state index is 14.0. The van der Waals surface area contributed by atoms with Crippen LogP contribution in [0.2, 0.25) is 0 Å². The molecular weight excluding hydrogens is 765 g/mol. The van der Waals surface area contributed by atoms with Gasteiger partial charge >= 0.3 is 6.09 Å². The van der Waals surface area contributed by atoms with Crippen molar-refractivity contribution in [3.05, 3.63) is 126 Å². The van der Waals surface area contributed by atoms with E-state index in [1.807, 2.05) is 80.6 Å². The molecule has 6 heterocycles. The van der Waals surface area contributed by atoms with Gasteiger partial charge in [0, 0.05) is 72.9 Å². The largest absolute Gasteiger partial charge is 0.444 e. The average Bonchev–Trinajstić information content (AvgIpc) is 4.01. The number of hydrogen-bond donors (Lipinski definition) is 3. The lowest BCUT2D eigenvalue weighted by Gasteiger charge is -2.19. The molecule has 0 unspecified atom stereocenters. The summed E-state index contributed by atoms with van der Waals surface area (Å²) in [4.78, 5) is 26.0. The van der Waals surface area contributed by atoms with Gasteiger partial charge in [0.05, 0.1) is 33.5 Å². The van der Waals surface area contributed by atoms with Crippen molar-refractivity contribution < 1.29 is 17.9 Å². The van der Waals surface area contributed by atoms with Gasteiger partial charge in [-0.2, -0.15) is 5.10 Å². The number of alkyl carbamates (subject to hydrolysis) is 1. The summed E-state index contributed by atoms with van der Waals surface area (Å²) in [5.74, 6) is 0. The predicted molar refractivity (Wildman–Crippen MR) is 230 cm³/mol. The number of benzene rings is 3. The quantitative estimate of drug-likeness (QED) is 0.145. The number of carbonyl (C=O) groups excluding carboxylic acids is 1.